The molecule has 4 rings (SSSR count). The summed E-state index contributed by atoms with van der Waals surface area (Å²) in [5, 5.41) is 1.02. The number of carbonyl (C=O) groups is 1. The van der Waals surface area contributed by atoms with Gasteiger partial charge in [0.1, 0.15) is 12.4 Å². The molecule has 33 heavy (non-hydrogen) atoms. The molecule has 1 fully saturated rings. The fourth-order valence-corrected chi connectivity index (χ4v) is 4.98. The molecule has 3 aromatic rings. The lowest BCUT2D eigenvalue weighted by Crippen LogP contribution is -2.27. The maximum atomic E-state index is 13.6. The zero-order chi connectivity index (χ0) is 23.5. The number of nitrogens with zero attached hydrogens (tertiary/aromatic N) is 1. The van der Waals surface area contributed by atoms with Crippen LogP contribution in [0.4, 0.5) is 10.1 Å². The molecular formula is C24H16Cl2FNO3S2. The molecule has 1 aliphatic heterocycles. The number of hydrogen-bond acceptors (Lipinski definition) is 5. The van der Waals surface area contributed by atoms with Crippen molar-refractivity contribution >= 4 is 69.2 Å². The van der Waals surface area contributed by atoms with Crippen LogP contribution in [0.5, 0.6) is 11.5 Å². The van der Waals surface area contributed by atoms with Crippen molar-refractivity contribution in [1.29, 1.82) is 0 Å². The molecule has 1 heterocycles. The second-order valence-electron chi connectivity index (χ2n) is 6.90. The highest BCUT2D eigenvalue weighted by Gasteiger charge is 2.33. The van der Waals surface area contributed by atoms with Gasteiger partial charge in [-0.15, -0.1) is 0 Å². The van der Waals surface area contributed by atoms with Crippen LogP contribution >= 0.6 is 47.2 Å². The third kappa shape index (κ3) is 5.17. The van der Waals surface area contributed by atoms with Crippen LogP contribution < -0.4 is 14.4 Å². The monoisotopic (exact) mass is 519 g/mol. The number of rotatable bonds is 6. The maximum absolute atomic E-state index is 13.6. The molecule has 0 N–H and O–H groups in total. The Hall–Kier alpha value is -2.58. The third-order valence-corrected chi connectivity index (χ3v) is 6.79. The van der Waals surface area contributed by atoms with Gasteiger partial charge in [0.05, 0.1) is 17.7 Å². The van der Waals surface area contributed by atoms with Gasteiger partial charge in [-0.1, -0.05) is 65.4 Å². The number of methoxy groups -OCH3 is 1. The number of thioether (sulfide) groups is 1. The Labute approximate surface area is 209 Å². The summed E-state index contributed by atoms with van der Waals surface area (Å²) >= 11 is 18.9. The van der Waals surface area contributed by atoms with Crippen molar-refractivity contribution in [2.75, 3.05) is 12.0 Å². The zero-order valence-corrected chi connectivity index (χ0v) is 20.3. The smallest absolute Gasteiger partial charge is 0.270 e. The molecule has 0 saturated carbocycles. The molecule has 0 atom stereocenters. The SMILES string of the molecule is COc1cc(/C=C2/SC(=S)N(c3cccc(F)c3)C2=O)ccc1OCc1c(Cl)cccc1Cl. The zero-order valence-electron chi connectivity index (χ0n) is 17.2. The minimum Gasteiger partial charge on any atom is -0.493 e. The molecule has 0 radical (unpaired) electrons. The van der Waals surface area contributed by atoms with Crippen LogP contribution in [-0.2, 0) is 11.4 Å². The van der Waals surface area contributed by atoms with Crippen molar-refractivity contribution < 1.29 is 18.7 Å². The molecule has 0 aliphatic carbocycles. The number of amides is 1. The Morgan fingerprint density at radius 1 is 1.06 bits per heavy atom. The van der Waals surface area contributed by atoms with Crippen molar-refractivity contribution in [3.63, 3.8) is 0 Å². The van der Waals surface area contributed by atoms with Gasteiger partial charge >= 0.3 is 0 Å². The van der Waals surface area contributed by atoms with E-state index in [4.69, 9.17) is 44.9 Å². The molecule has 0 bridgehead atoms. The molecule has 168 valence electrons. The van der Waals surface area contributed by atoms with E-state index in [0.29, 0.717) is 42.0 Å². The first-order chi connectivity index (χ1) is 15.9. The molecule has 1 aliphatic rings. The van der Waals surface area contributed by atoms with Crippen molar-refractivity contribution in [3.05, 3.63) is 92.6 Å². The van der Waals surface area contributed by atoms with Gasteiger partial charge in [0.25, 0.3) is 5.91 Å². The predicted octanol–water partition coefficient (Wildman–Crippen LogP) is 7.13. The lowest BCUT2D eigenvalue weighted by molar-refractivity contribution is -0.113. The topological polar surface area (TPSA) is 38.8 Å². The quantitative estimate of drug-likeness (QED) is 0.256. The summed E-state index contributed by atoms with van der Waals surface area (Å²) in [6.07, 6.45) is 1.70. The molecule has 0 unspecified atom stereocenters. The fraction of sp³-hybridized carbons (Fsp3) is 0.0833. The molecule has 3 aromatic carbocycles. The van der Waals surface area contributed by atoms with E-state index in [-0.39, 0.29) is 12.5 Å². The number of hydrogen-bond donors (Lipinski definition) is 0. The van der Waals surface area contributed by atoms with Crippen molar-refractivity contribution in [3.8, 4) is 11.5 Å². The van der Waals surface area contributed by atoms with Gasteiger partial charge in [-0.25, -0.2) is 4.39 Å². The molecule has 9 heteroatoms. The van der Waals surface area contributed by atoms with E-state index in [0.717, 1.165) is 17.3 Å². The van der Waals surface area contributed by atoms with Gasteiger partial charge in [-0.2, -0.15) is 0 Å². The molecular weight excluding hydrogens is 504 g/mol. The van der Waals surface area contributed by atoms with E-state index >= 15 is 0 Å². The van der Waals surface area contributed by atoms with Gasteiger partial charge in [0.15, 0.2) is 15.8 Å². The van der Waals surface area contributed by atoms with Gasteiger partial charge in [0, 0.05) is 15.6 Å². The van der Waals surface area contributed by atoms with Crippen molar-refractivity contribution in [2.24, 2.45) is 0 Å². The summed E-state index contributed by atoms with van der Waals surface area (Å²) in [7, 11) is 1.53. The minimum absolute atomic E-state index is 0.167. The molecule has 1 saturated heterocycles. The molecule has 1 amide bonds. The molecule has 0 aromatic heterocycles. The van der Waals surface area contributed by atoms with Crippen LogP contribution in [0, 0.1) is 5.82 Å². The number of anilines is 1. The average Bonchev–Trinajstić information content (AvgIpc) is 3.06. The number of carbonyl (C=O) groups excluding carboxylic acids is 1. The summed E-state index contributed by atoms with van der Waals surface area (Å²) < 4.78 is 25.3. The van der Waals surface area contributed by atoms with Crippen LogP contribution in [0.3, 0.4) is 0 Å². The minimum atomic E-state index is -0.441. The first-order valence-corrected chi connectivity index (χ1v) is 11.6. The highest BCUT2D eigenvalue weighted by molar-refractivity contribution is 8.27. The van der Waals surface area contributed by atoms with Gasteiger partial charge in [-0.3, -0.25) is 9.69 Å². The average molecular weight is 520 g/mol. The highest BCUT2D eigenvalue weighted by Crippen LogP contribution is 2.37. The standard InChI is InChI=1S/C24H16Cl2FNO3S2/c1-30-21-10-14(8-9-20(21)31-13-17-18(25)6-3-7-19(17)26)11-22-23(29)28(24(32)33-22)16-5-2-4-15(27)12-16/h2-12H,13H2,1H3/b22-11+. The number of ether oxygens (including phenoxy) is 2. The first kappa shape index (κ1) is 23.6. The van der Waals surface area contributed by atoms with Gasteiger partial charge in [-0.05, 0) is 54.1 Å². The molecule has 0 spiro atoms. The third-order valence-electron chi connectivity index (χ3n) is 4.78. The first-order valence-electron chi connectivity index (χ1n) is 9.64. The Kier molecular flexibility index (Phi) is 7.24. The van der Waals surface area contributed by atoms with Crippen LogP contribution in [0.15, 0.2) is 65.6 Å². The maximum Gasteiger partial charge on any atom is 0.270 e. The normalized spacial score (nSPS) is 14.8. The second-order valence-corrected chi connectivity index (χ2v) is 9.39. The fourth-order valence-electron chi connectivity index (χ4n) is 3.17. The summed E-state index contributed by atoms with van der Waals surface area (Å²) in [6.45, 7) is 0.167. The second kappa shape index (κ2) is 10.1. The largest absolute Gasteiger partial charge is 0.493 e. The lowest BCUT2D eigenvalue weighted by Gasteiger charge is -2.14. The Morgan fingerprint density at radius 3 is 2.48 bits per heavy atom. The van der Waals surface area contributed by atoms with E-state index in [1.54, 1.807) is 48.5 Å². The van der Waals surface area contributed by atoms with Crippen molar-refractivity contribution in [1.82, 2.24) is 0 Å². The summed E-state index contributed by atoms with van der Waals surface area (Å²) in [6, 6.07) is 16.3. The van der Waals surface area contributed by atoms with E-state index < -0.39 is 5.82 Å². The number of benzene rings is 3. The number of halogens is 3. The summed E-state index contributed by atoms with van der Waals surface area (Å²) in [5.41, 5.74) is 1.78. The molecule has 4 nitrogen and oxygen atoms in total. The van der Waals surface area contributed by atoms with E-state index in [1.807, 2.05) is 0 Å². The predicted molar refractivity (Wildman–Crippen MR) is 136 cm³/mol. The van der Waals surface area contributed by atoms with Crippen molar-refractivity contribution in [2.45, 2.75) is 6.61 Å². The highest BCUT2D eigenvalue weighted by atomic mass is 35.5. The van der Waals surface area contributed by atoms with Gasteiger partial charge in [0.2, 0.25) is 0 Å². The Morgan fingerprint density at radius 2 is 1.79 bits per heavy atom. The van der Waals surface area contributed by atoms with E-state index in [2.05, 4.69) is 0 Å². The summed E-state index contributed by atoms with van der Waals surface area (Å²) in [4.78, 5) is 14.7. The Bertz CT molecular complexity index is 1260. The van der Waals surface area contributed by atoms with Gasteiger partial charge < -0.3 is 9.47 Å². The van der Waals surface area contributed by atoms with Crippen LogP contribution in [0.1, 0.15) is 11.1 Å². The van der Waals surface area contributed by atoms with E-state index in [1.165, 1.54) is 30.2 Å². The lowest BCUT2D eigenvalue weighted by atomic mass is 10.1. The Balaban J connectivity index is 1.55. The van der Waals surface area contributed by atoms with Crippen LogP contribution in [0.2, 0.25) is 10.0 Å². The summed E-state index contributed by atoms with van der Waals surface area (Å²) in [5.74, 6) is 0.220. The number of thiocarbonyl (C=S) groups is 1. The van der Waals surface area contributed by atoms with Crippen LogP contribution in [0.25, 0.3) is 6.08 Å². The van der Waals surface area contributed by atoms with Crippen LogP contribution in [-0.4, -0.2) is 17.3 Å². The van der Waals surface area contributed by atoms with E-state index in [9.17, 15) is 9.18 Å².